The van der Waals surface area contributed by atoms with E-state index in [0.717, 1.165) is 6.42 Å². The molecule has 5 heteroatoms. The number of nitrogens with one attached hydrogen (secondary N) is 1. The second-order valence-electron chi connectivity index (χ2n) is 4.65. The lowest BCUT2D eigenvalue weighted by atomic mass is 10.0. The molecule has 1 atom stereocenters. The van der Waals surface area contributed by atoms with Crippen LogP contribution in [0.2, 0.25) is 5.02 Å². The Hall–Kier alpha value is -1.00. The first-order chi connectivity index (χ1) is 7.91. The predicted octanol–water partition coefficient (Wildman–Crippen LogP) is 2.11. The van der Waals surface area contributed by atoms with Gasteiger partial charge in [-0.1, -0.05) is 25.4 Å². The molecule has 0 bridgehead atoms. The molecule has 0 saturated carbocycles. The van der Waals surface area contributed by atoms with Gasteiger partial charge in [0, 0.05) is 25.8 Å². The van der Waals surface area contributed by atoms with Gasteiger partial charge in [-0.25, -0.2) is 0 Å². The van der Waals surface area contributed by atoms with Crippen molar-refractivity contribution in [2.24, 2.45) is 11.7 Å². The predicted molar refractivity (Wildman–Crippen MR) is 70.2 cm³/mol. The van der Waals surface area contributed by atoms with Gasteiger partial charge in [0.15, 0.2) is 0 Å². The summed E-state index contributed by atoms with van der Waals surface area (Å²) >= 11 is 5.76. The molecule has 0 radical (unpaired) electrons. The summed E-state index contributed by atoms with van der Waals surface area (Å²) in [4.78, 5) is 16.4. The van der Waals surface area contributed by atoms with Crippen molar-refractivity contribution in [1.82, 2.24) is 9.88 Å². The third-order valence-electron chi connectivity index (χ3n) is 2.88. The molecule has 0 saturated heterocycles. The molecule has 0 fully saturated rings. The van der Waals surface area contributed by atoms with E-state index in [-0.39, 0.29) is 11.9 Å². The van der Waals surface area contributed by atoms with Crippen LogP contribution in [0.3, 0.4) is 0 Å². The Labute approximate surface area is 107 Å². The number of hydrogen-bond acceptors (Lipinski definition) is 2. The van der Waals surface area contributed by atoms with Gasteiger partial charge in [-0.05, 0) is 18.4 Å². The van der Waals surface area contributed by atoms with Crippen LogP contribution in [-0.2, 0) is 0 Å². The monoisotopic (exact) mass is 257 g/mol. The van der Waals surface area contributed by atoms with Crippen molar-refractivity contribution < 1.29 is 4.79 Å². The lowest BCUT2D eigenvalue weighted by Gasteiger charge is -2.21. The summed E-state index contributed by atoms with van der Waals surface area (Å²) in [5.74, 6) is 0.367. The number of carbonyl (C=O) groups is 1. The van der Waals surface area contributed by atoms with Gasteiger partial charge in [-0.2, -0.15) is 0 Å². The topological polar surface area (TPSA) is 62.1 Å². The minimum absolute atomic E-state index is 0.0622. The number of H-pyrrole nitrogens is 1. The number of nitrogens with two attached hydrogens (primary N) is 1. The number of amides is 1. The minimum Gasteiger partial charge on any atom is -0.356 e. The summed E-state index contributed by atoms with van der Waals surface area (Å²) in [6.45, 7) is 4.81. The zero-order valence-electron chi connectivity index (χ0n) is 10.5. The molecule has 1 unspecified atom stereocenters. The fourth-order valence-corrected chi connectivity index (χ4v) is 1.64. The number of aromatic amines is 1. The van der Waals surface area contributed by atoms with Crippen molar-refractivity contribution in [2.45, 2.75) is 26.3 Å². The number of carbonyl (C=O) groups excluding carboxylic acids is 1. The lowest BCUT2D eigenvalue weighted by Crippen LogP contribution is -2.34. The second-order valence-corrected chi connectivity index (χ2v) is 5.09. The Morgan fingerprint density at radius 3 is 2.71 bits per heavy atom. The fraction of sp³-hybridized carbons (Fsp3) is 0.583. The Morgan fingerprint density at radius 2 is 2.24 bits per heavy atom. The van der Waals surface area contributed by atoms with Gasteiger partial charge in [0.1, 0.15) is 5.69 Å². The zero-order valence-corrected chi connectivity index (χ0v) is 11.3. The van der Waals surface area contributed by atoms with E-state index in [4.69, 9.17) is 17.3 Å². The summed E-state index contributed by atoms with van der Waals surface area (Å²) < 4.78 is 0. The van der Waals surface area contributed by atoms with Gasteiger partial charge in [0.2, 0.25) is 0 Å². The molecule has 1 heterocycles. The van der Waals surface area contributed by atoms with E-state index in [2.05, 4.69) is 18.8 Å². The normalized spacial score (nSPS) is 12.8. The molecular formula is C12H20ClN3O. The quantitative estimate of drug-likeness (QED) is 0.849. The van der Waals surface area contributed by atoms with Gasteiger partial charge in [-0.3, -0.25) is 4.79 Å². The maximum atomic E-state index is 11.9. The van der Waals surface area contributed by atoms with Crippen LogP contribution in [0.5, 0.6) is 0 Å². The second kappa shape index (κ2) is 6.07. The van der Waals surface area contributed by atoms with Crippen LogP contribution in [0.4, 0.5) is 0 Å². The Bertz CT molecular complexity index is 376. The highest BCUT2D eigenvalue weighted by molar-refractivity contribution is 6.30. The first-order valence-corrected chi connectivity index (χ1v) is 6.14. The number of hydrogen-bond donors (Lipinski definition) is 2. The van der Waals surface area contributed by atoms with Gasteiger partial charge in [-0.15, -0.1) is 0 Å². The number of halogens is 1. The molecule has 4 nitrogen and oxygen atoms in total. The van der Waals surface area contributed by atoms with Crippen molar-refractivity contribution in [3.8, 4) is 0 Å². The van der Waals surface area contributed by atoms with Crippen LogP contribution in [0.25, 0.3) is 0 Å². The van der Waals surface area contributed by atoms with Crippen molar-refractivity contribution in [2.75, 3.05) is 13.6 Å². The van der Waals surface area contributed by atoms with E-state index < -0.39 is 0 Å². The molecule has 17 heavy (non-hydrogen) atoms. The Balaban J connectivity index is 2.48. The summed E-state index contributed by atoms with van der Waals surface area (Å²) in [6, 6.07) is 1.75. The summed E-state index contributed by atoms with van der Waals surface area (Å²) in [6.07, 6.45) is 2.40. The van der Waals surface area contributed by atoms with Crippen LogP contribution in [0, 0.1) is 5.92 Å². The SMILES string of the molecule is CC(C)C(N)CCN(C)C(=O)c1cc(Cl)c[nH]1. The summed E-state index contributed by atoms with van der Waals surface area (Å²) in [5.41, 5.74) is 6.45. The van der Waals surface area contributed by atoms with Crippen LogP contribution in [0.15, 0.2) is 12.3 Å². The maximum absolute atomic E-state index is 11.9. The fourth-order valence-electron chi connectivity index (χ4n) is 1.47. The van der Waals surface area contributed by atoms with Crippen LogP contribution in [-0.4, -0.2) is 35.4 Å². The highest BCUT2D eigenvalue weighted by atomic mass is 35.5. The summed E-state index contributed by atoms with van der Waals surface area (Å²) in [7, 11) is 1.77. The van der Waals surface area contributed by atoms with E-state index in [1.54, 1.807) is 24.2 Å². The molecule has 0 aliphatic heterocycles. The average Bonchev–Trinajstić information content (AvgIpc) is 2.70. The van der Waals surface area contributed by atoms with Crippen molar-refractivity contribution in [3.63, 3.8) is 0 Å². The molecule has 1 amide bonds. The largest absolute Gasteiger partial charge is 0.356 e. The van der Waals surface area contributed by atoms with E-state index in [9.17, 15) is 4.79 Å². The maximum Gasteiger partial charge on any atom is 0.270 e. The Morgan fingerprint density at radius 1 is 1.59 bits per heavy atom. The molecule has 0 spiro atoms. The number of rotatable bonds is 5. The van der Waals surface area contributed by atoms with E-state index >= 15 is 0 Å². The molecule has 0 aliphatic rings. The first kappa shape index (κ1) is 14.1. The highest BCUT2D eigenvalue weighted by Crippen LogP contribution is 2.11. The summed E-state index contributed by atoms with van der Waals surface area (Å²) in [5, 5.41) is 0.542. The van der Waals surface area contributed by atoms with Crippen LogP contribution < -0.4 is 5.73 Å². The van der Waals surface area contributed by atoms with Crippen molar-refractivity contribution in [1.29, 1.82) is 0 Å². The average molecular weight is 258 g/mol. The smallest absolute Gasteiger partial charge is 0.270 e. The van der Waals surface area contributed by atoms with E-state index in [0.29, 0.717) is 23.2 Å². The minimum atomic E-state index is -0.0622. The molecule has 96 valence electrons. The molecule has 0 aliphatic carbocycles. The number of aromatic nitrogens is 1. The molecule has 3 N–H and O–H groups in total. The zero-order chi connectivity index (χ0) is 13.0. The molecular weight excluding hydrogens is 238 g/mol. The Kier molecular flexibility index (Phi) is 5.02. The molecule has 1 aromatic heterocycles. The molecule has 1 rings (SSSR count). The van der Waals surface area contributed by atoms with Crippen molar-refractivity contribution in [3.05, 3.63) is 23.0 Å². The van der Waals surface area contributed by atoms with Crippen molar-refractivity contribution >= 4 is 17.5 Å². The van der Waals surface area contributed by atoms with Crippen LogP contribution in [0.1, 0.15) is 30.8 Å². The van der Waals surface area contributed by atoms with E-state index in [1.807, 2.05) is 0 Å². The first-order valence-electron chi connectivity index (χ1n) is 5.76. The van der Waals surface area contributed by atoms with Gasteiger partial charge in [0.25, 0.3) is 5.91 Å². The molecule has 0 aromatic carbocycles. The third-order valence-corrected chi connectivity index (χ3v) is 3.10. The lowest BCUT2D eigenvalue weighted by molar-refractivity contribution is 0.0784. The molecule has 1 aromatic rings. The number of nitrogens with zero attached hydrogens (tertiary/aromatic N) is 1. The van der Waals surface area contributed by atoms with E-state index in [1.165, 1.54) is 0 Å². The van der Waals surface area contributed by atoms with Gasteiger partial charge < -0.3 is 15.6 Å². The van der Waals surface area contributed by atoms with Gasteiger partial charge in [0.05, 0.1) is 5.02 Å². The highest BCUT2D eigenvalue weighted by Gasteiger charge is 2.15. The van der Waals surface area contributed by atoms with Crippen LogP contribution >= 0.6 is 11.6 Å². The van der Waals surface area contributed by atoms with Gasteiger partial charge >= 0.3 is 0 Å². The standard InChI is InChI=1S/C12H20ClN3O/c1-8(2)10(14)4-5-16(3)12(17)11-6-9(13)7-15-11/h6-8,10,15H,4-5,14H2,1-3H3. The third kappa shape index (κ3) is 4.06.